The molecule has 1 aliphatic heterocycles. The molecule has 9 heteroatoms. The SMILES string of the molecule is COc1cc(Cl)cc2cc(C(=O)C3=C(O)C(=O)N(Cc4ccco4)C3c3sccc3C)oc12. The molecule has 7 nitrogen and oxygen atoms in total. The van der Waals surface area contributed by atoms with Gasteiger partial charge in [-0.25, -0.2) is 0 Å². The first-order valence-corrected chi connectivity index (χ1v) is 11.3. The number of Topliss-reactive ketones (excluding diaryl/α,β-unsaturated/α-hetero) is 1. The number of hydrogen-bond acceptors (Lipinski definition) is 7. The summed E-state index contributed by atoms with van der Waals surface area (Å²) in [7, 11) is 1.47. The zero-order chi connectivity index (χ0) is 23.3. The summed E-state index contributed by atoms with van der Waals surface area (Å²) in [6.45, 7) is 1.99. The van der Waals surface area contributed by atoms with E-state index in [-0.39, 0.29) is 17.9 Å². The molecule has 4 aromatic rings. The minimum absolute atomic E-state index is 0.0287. The van der Waals surface area contributed by atoms with Crippen molar-refractivity contribution in [1.82, 2.24) is 4.90 Å². The van der Waals surface area contributed by atoms with E-state index in [2.05, 4.69) is 0 Å². The average Bonchev–Trinajstić information content (AvgIpc) is 3.57. The molecule has 33 heavy (non-hydrogen) atoms. The minimum atomic E-state index is -0.784. The number of benzene rings is 1. The zero-order valence-electron chi connectivity index (χ0n) is 17.6. The fraction of sp³-hybridized carbons (Fsp3) is 0.167. The Morgan fingerprint density at radius 1 is 1.30 bits per heavy atom. The zero-order valence-corrected chi connectivity index (χ0v) is 19.2. The number of halogens is 1. The summed E-state index contributed by atoms with van der Waals surface area (Å²) in [5.41, 5.74) is 1.22. The van der Waals surface area contributed by atoms with E-state index in [9.17, 15) is 14.7 Å². The summed E-state index contributed by atoms with van der Waals surface area (Å²) in [6.07, 6.45) is 1.51. The van der Waals surface area contributed by atoms with Crippen LogP contribution in [0.4, 0.5) is 0 Å². The molecular weight excluding hydrogens is 466 g/mol. The third kappa shape index (κ3) is 3.51. The Morgan fingerprint density at radius 2 is 2.12 bits per heavy atom. The molecule has 4 heterocycles. The molecule has 0 radical (unpaired) electrons. The molecule has 1 aromatic carbocycles. The van der Waals surface area contributed by atoms with E-state index in [4.69, 9.17) is 25.2 Å². The second-order valence-electron chi connectivity index (χ2n) is 7.61. The van der Waals surface area contributed by atoms with Crippen LogP contribution in [0, 0.1) is 6.92 Å². The molecule has 1 aliphatic rings. The predicted octanol–water partition coefficient (Wildman–Crippen LogP) is 5.84. The number of ether oxygens (including phenoxy) is 1. The van der Waals surface area contributed by atoms with Crippen LogP contribution in [0.1, 0.15) is 32.8 Å². The Balaban J connectivity index is 1.62. The second-order valence-corrected chi connectivity index (χ2v) is 9.00. The van der Waals surface area contributed by atoms with Crippen LogP contribution in [-0.2, 0) is 11.3 Å². The molecule has 3 aromatic heterocycles. The van der Waals surface area contributed by atoms with Gasteiger partial charge in [0.2, 0.25) is 5.78 Å². The standard InChI is InChI=1S/C24H18ClNO6S/c1-12-5-7-33-23(12)19-18(21(28)24(29)26(19)11-15-4-3-6-31-15)20(27)16-9-13-8-14(25)10-17(30-2)22(13)32-16/h3-10,19,28H,11H2,1-2H3. The van der Waals surface area contributed by atoms with Crippen molar-refractivity contribution in [3.63, 3.8) is 0 Å². The Hall–Kier alpha value is -3.49. The molecular formula is C24H18ClNO6S. The second kappa shape index (κ2) is 8.13. The third-order valence-corrected chi connectivity index (χ3v) is 6.88. The van der Waals surface area contributed by atoms with Crippen LogP contribution >= 0.6 is 22.9 Å². The number of aliphatic hydroxyl groups excluding tert-OH is 1. The number of nitrogens with zero attached hydrogens (tertiary/aromatic N) is 1. The lowest BCUT2D eigenvalue weighted by atomic mass is 9.98. The number of carbonyl (C=O) groups is 2. The number of carbonyl (C=O) groups excluding carboxylic acids is 2. The van der Waals surface area contributed by atoms with Crippen LogP contribution in [0.5, 0.6) is 5.75 Å². The van der Waals surface area contributed by atoms with Crippen molar-refractivity contribution in [2.75, 3.05) is 7.11 Å². The molecule has 1 unspecified atom stereocenters. The van der Waals surface area contributed by atoms with Crippen molar-refractivity contribution in [1.29, 1.82) is 0 Å². The highest BCUT2D eigenvalue weighted by Gasteiger charge is 2.46. The van der Waals surface area contributed by atoms with E-state index in [1.165, 1.54) is 35.7 Å². The average molecular weight is 484 g/mol. The summed E-state index contributed by atoms with van der Waals surface area (Å²) < 4.78 is 16.5. The predicted molar refractivity (Wildman–Crippen MR) is 123 cm³/mol. The summed E-state index contributed by atoms with van der Waals surface area (Å²) in [5, 5.41) is 13.7. The molecule has 0 saturated heterocycles. The number of rotatable bonds is 6. The molecule has 0 saturated carbocycles. The number of methoxy groups -OCH3 is 1. The van der Waals surface area contributed by atoms with Gasteiger partial charge in [-0.3, -0.25) is 9.59 Å². The van der Waals surface area contributed by atoms with E-state index in [0.717, 1.165) is 10.4 Å². The van der Waals surface area contributed by atoms with E-state index < -0.39 is 23.5 Å². The summed E-state index contributed by atoms with van der Waals surface area (Å²) in [4.78, 5) is 28.9. The van der Waals surface area contributed by atoms with E-state index in [0.29, 0.717) is 27.5 Å². The Bertz CT molecular complexity index is 1410. The maximum Gasteiger partial charge on any atom is 0.290 e. The van der Waals surface area contributed by atoms with Crippen molar-refractivity contribution < 1.29 is 28.3 Å². The lowest BCUT2D eigenvalue weighted by molar-refractivity contribution is -0.130. The maximum atomic E-state index is 13.6. The van der Waals surface area contributed by atoms with Gasteiger partial charge in [-0.05, 0) is 48.2 Å². The molecule has 1 amide bonds. The van der Waals surface area contributed by atoms with Gasteiger partial charge in [-0.1, -0.05) is 11.6 Å². The molecule has 1 N–H and O–H groups in total. The van der Waals surface area contributed by atoms with Gasteiger partial charge >= 0.3 is 0 Å². The third-order valence-electron chi connectivity index (χ3n) is 5.60. The van der Waals surface area contributed by atoms with Gasteiger partial charge in [0, 0.05) is 21.4 Å². The fourth-order valence-electron chi connectivity index (χ4n) is 4.04. The van der Waals surface area contributed by atoms with Crippen molar-refractivity contribution in [2.24, 2.45) is 0 Å². The minimum Gasteiger partial charge on any atom is -0.503 e. The summed E-state index contributed by atoms with van der Waals surface area (Å²) in [5.74, 6) is -0.956. The van der Waals surface area contributed by atoms with Gasteiger partial charge in [0.25, 0.3) is 5.91 Å². The number of thiophene rings is 1. The molecule has 0 aliphatic carbocycles. The van der Waals surface area contributed by atoms with Crippen LogP contribution in [0.25, 0.3) is 11.0 Å². The molecule has 0 bridgehead atoms. The van der Waals surface area contributed by atoms with Gasteiger partial charge < -0.3 is 23.6 Å². The monoisotopic (exact) mass is 483 g/mol. The van der Waals surface area contributed by atoms with Crippen LogP contribution in [0.3, 0.4) is 0 Å². The number of aryl methyl sites for hydroxylation is 1. The molecule has 168 valence electrons. The first-order chi connectivity index (χ1) is 15.9. The number of amides is 1. The quantitative estimate of drug-likeness (QED) is 0.346. The molecule has 0 fully saturated rings. The Labute approximate surface area is 197 Å². The number of hydrogen-bond donors (Lipinski definition) is 1. The van der Waals surface area contributed by atoms with Gasteiger partial charge in [0.1, 0.15) is 11.8 Å². The smallest absolute Gasteiger partial charge is 0.290 e. The van der Waals surface area contributed by atoms with Crippen LogP contribution in [0.2, 0.25) is 5.02 Å². The van der Waals surface area contributed by atoms with Crippen molar-refractivity contribution in [2.45, 2.75) is 19.5 Å². The van der Waals surface area contributed by atoms with Gasteiger partial charge in [0.15, 0.2) is 22.9 Å². The molecule has 5 rings (SSSR count). The lowest BCUT2D eigenvalue weighted by Crippen LogP contribution is -2.30. The first kappa shape index (κ1) is 21.4. The topological polar surface area (TPSA) is 93.1 Å². The summed E-state index contributed by atoms with van der Waals surface area (Å²) >= 11 is 7.55. The Kier molecular flexibility index (Phi) is 5.26. The highest BCUT2D eigenvalue weighted by Crippen LogP contribution is 2.44. The first-order valence-electron chi connectivity index (χ1n) is 10.0. The Morgan fingerprint density at radius 3 is 2.79 bits per heavy atom. The highest BCUT2D eigenvalue weighted by atomic mass is 35.5. The summed E-state index contributed by atoms with van der Waals surface area (Å²) in [6, 6.07) is 9.34. The molecule has 0 spiro atoms. The van der Waals surface area contributed by atoms with Crippen molar-refractivity contribution >= 4 is 45.6 Å². The highest BCUT2D eigenvalue weighted by molar-refractivity contribution is 7.10. The number of aliphatic hydroxyl groups is 1. The normalized spacial score (nSPS) is 16.3. The van der Waals surface area contributed by atoms with E-state index >= 15 is 0 Å². The lowest BCUT2D eigenvalue weighted by Gasteiger charge is -2.25. The molecule has 1 atom stereocenters. The maximum absolute atomic E-state index is 13.6. The van der Waals surface area contributed by atoms with Crippen molar-refractivity contribution in [3.8, 4) is 5.75 Å². The number of fused-ring (bicyclic) bond motifs is 1. The van der Waals surface area contributed by atoms with Gasteiger partial charge in [-0.2, -0.15) is 0 Å². The van der Waals surface area contributed by atoms with Gasteiger partial charge in [0.05, 0.1) is 25.5 Å². The largest absolute Gasteiger partial charge is 0.503 e. The van der Waals surface area contributed by atoms with Crippen LogP contribution < -0.4 is 4.74 Å². The van der Waals surface area contributed by atoms with Crippen LogP contribution in [-0.4, -0.2) is 28.8 Å². The van der Waals surface area contributed by atoms with E-state index in [1.807, 2.05) is 18.4 Å². The van der Waals surface area contributed by atoms with E-state index in [1.54, 1.807) is 24.3 Å². The fourth-order valence-corrected chi connectivity index (χ4v) is 5.30. The van der Waals surface area contributed by atoms with Crippen molar-refractivity contribution in [3.05, 3.63) is 86.4 Å². The van der Waals surface area contributed by atoms with Crippen LogP contribution in [0.15, 0.2) is 68.2 Å². The number of furan rings is 2. The van der Waals surface area contributed by atoms with Gasteiger partial charge in [-0.15, -0.1) is 11.3 Å². The number of ketones is 1.